The van der Waals surface area contributed by atoms with Gasteiger partial charge in [-0.25, -0.2) is 0 Å². The average molecular weight is 402 g/mol. The number of anilines is 1. The van der Waals surface area contributed by atoms with Gasteiger partial charge in [0.2, 0.25) is 17.4 Å². The van der Waals surface area contributed by atoms with E-state index in [1.165, 1.54) is 4.90 Å². The molecule has 0 bridgehead atoms. The number of carbonyl (C=O) groups excluding carboxylic acids is 3. The fourth-order valence-corrected chi connectivity index (χ4v) is 6.58. The van der Waals surface area contributed by atoms with Gasteiger partial charge in [0.15, 0.2) is 0 Å². The number of amides is 3. The molecule has 4 heterocycles. The van der Waals surface area contributed by atoms with Crippen LogP contribution in [-0.2, 0) is 26.3 Å². The molecule has 3 saturated heterocycles. The molecule has 2 aromatic carbocycles. The Bertz CT molecular complexity index is 1070. The zero-order valence-electron chi connectivity index (χ0n) is 16.6. The van der Waals surface area contributed by atoms with Gasteiger partial charge in [0.25, 0.3) is 5.91 Å². The van der Waals surface area contributed by atoms with Crippen LogP contribution in [0.2, 0.25) is 0 Å². The fourth-order valence-electron chi connectivity index (χ4n) is 6.58. The zero-order chi connectivity index (χ0) is 20.5. The minimum atomic E-state index is -0.976. The predicted molar refractivity (Wildman–Crippen MR) is 109 cm³/mol. The van der Waals surface area contributed by atoms with Gasteiger partial charge in [-0.2, -0.15) is 0 Å². The number of hydrogen-bond acceptors (Lipinski definition) is 3. The normalized spacial score (nSPS) is 33.7. The molecular weight excluding hydrogens is 378 g/mol. The number of quaternary nitrogens is 1. The van der Waals surface area contributed by atoms with E-state index in [2.05, 4.69) is 5.32 Å². The van der Waals surface area contributed by atoms with Gasteiger partial charge < -0.3 is 10.2 Å². The number of likely N-dealkylation sites (tertiary alicyclic amines) is 1. The van der Waals surface area contributed by atoms with Gasteiger partial charge in [-0.3, -0.25) is 19.3 Å². The summed E-state index contributed by atoms with van der Waals surface area (Å²) < 4.78 is 0. The summed E-state index contributed by atoms with van der Waals surface area (Å²) in [4.78, 5) is 43.2. The highest BCUT2D eigenvalue weighted by atomic mass is 16.2. The summed E-state index contributed by atoms with van der Waals surface area (Å²) in [7, 11) is 0. The van der Waals surface area contributed by atoms with Gasteiger partial charge in [0.05, 0.1) is 12.2 Å². The van der Waals surface area contributed by atoms with Crippen molar-refractivity contribution in [1.82, 2.24) is 4.90 Å². The van der Waals surface area contributed by atoms with Crippen molar-refractivity contribution < 1.29 is 19.3 Å². The number of carbonyl (C=O) groups is 3. The van der Waals surface area contributed by atoms with Crippen molar-refractivity contribution in [3.63, 3.8) is 0 Å². The van der Waals surface area contributed by atoms with Gasteiger partial charge in [-0.1, -0.05) is 48.5 Å². The lowest BCUT2D eigenvalue weighted by Gasteiger charge is -2.33. The van der Waals surface area contributed by atoms with Crippen LogP contribution in [0, 0.1) is 11.8 Å². The lowest BCUT2D eigenvalue weighted by molar-refractivity contribution is -0.948. The first-order valence-corrected chi connectivity index (χ1v) is 10.8. The van der Waals surface area contributed by atoms with Crippen LogP contribution in [0.1, 0.15) is 24.0 Å². The number of nitrogens with one attached hydrogen (secondary N) is 2. The van der Waals surface area contributed by atoms with Crippen LogP contribution in [0.5, 0.6) is 0 Å². The highest BCUT2D eigenvalue weighted by Crippen LogP contribution is 2.51. The van der Waals surface area contributed by atoms with Crippen LogP contribution < -0.4 is 10.2 Å². The Morgan fingerprint density at radius 2 is 1.77 bits per heavy atom. The molecule has 0 aromatic heterocycles. The Labute approximate surface area is 174 Å². The van der Waals surface area contributed by atoms with Crippen molar-refractivity contribution in [3.8, 4) is 0 Å². The maximum absolute atomic E-state index is 13.7. The first-order valence-electron chi connectivity index (χ1n) is 10.8. The first kappa shape index (κ1) is 17.8. The molecule has 3 amide bonds. The molecule has 152 valence electrons. The minimum absolute atomic E-state index is 0.0325. The maximum Gasteiger partial charge on any atom is 0.291 e. The van der Waals surface area contributed by atoms with Gasteiger partial charge >= 0.3 is 0 Å². The monoisotopic (exact) mass is 402 g/mol. The van der Waals surface area contributed by atoms with Gasteiger partial charge in [-0.15, -0.1) is 0 Å². The molecule has 0 saturated carbocycles. The van der Waals surface area contributed by atoms with Crippen LogP contribution in [0.15, 0.2) is 54.6 Å². The van der Waals surface area contributed by atoms with Crippen molar-refractivity contribution in [2.24, 2.45) is 11.8 Å². The van der Waals surface area contributed by atoms with Crippen LogP contribution >= 0.6 is 0 Å². The summed E-state index contributed by atoms with van der Waals surface area (Å²) in [5, 5.41) is 3.02. The molecule has 4 aliphatic heterocycles. The third kappa shape index (κ3) is 2.09. The summed E-state index contributed by atoms with van der Waals surface area (Å²) in [6.07, 6.45) is 2.50. The molecule has 6 nitrogen and oxygen atoms in total. The van der Waals surface area contributed by atoms with E-state index in [4.69, 9.17) is 0 Å². The Balaban J connectivity index is 1.42. The Hall–Kier alpha value is -2.99. The Morgan fingerprint density at radius 3 is 2.60 bits per heavy atom. The van der Waals surface area contributed by atoms with E-state index in [0.717, 1.165) is 41.1 Å². The number of rotatable bonds is 3. The van der Waals surface area contributed by atoms with E-state index in [9.17, 15) is 14.4 Å². The van der Waals surface area contributed by atoms with Crippen LogP contribution in [0.3, 0.4) is 0 Å². The lowest BCUT2D eigenvalue weighted by atomic mass is 9.75. The average Bonchev–Trinajstić information content (AvgIpc) is 3.46. The summed E-state index contributed by atoms with van der Waals surface area (Å²) in [6, 6.07) is 17.6. The van der Waals surface area contributed by atoms with Crippen LogP contribution in [-0.4, -0.2) is 41.8 Å². The third-order valence-electron chi connectivity index (χ3n) is 7.68. The Morgan fingerprint density at radius 1 is 1.00 bits per heavy atom. The largest absolute Gasteiger partial charge is 0.320 e. The van der Waals surface area contributed by atoms with E-state index >= 15 is 0 Å². The molecule has 2 aromatic rings. The molecule has 1 spiro atoms. The van der Waals surface area contributed by atoms with E-state index in [0.29, 0.717) is 13.0 Å². The molecule has 2 N–H and O–H groups in total. The van der Waals surface area contributed by atoms with E-state index in [1.807, 2.05) is 54.6 Å². The van der Waals surface area contributed by atoms with Crippen molar-refractivity contribution >= 4 is 23.4 Å². The second-order valence-electron chi connectivity index (χ2n) is 8.90. The van der Waals surface area contributed by atoms with Gasteiger partial charge in [-0.05, 0) is 18.1 Å². The quantitative estimate of drug-likeness (QED) is 0.744. The minimum Gasteiger partial charge on any atom is -0.320 e. The fraction of sp³-hybridized carbons (Fsp3) is 0.375. The molecule has 6 rings (SSSR count). The summed E-state index contributed by atoms with van der Waals surface area (Å²) in [6.45, 7) is 1.19. The second kappa shape index (κ2) is 6.25. The molecule has 5 atom stereocenters. The smallest absolute Gasteiger partial charge is 0.291 e. The molecule has 4 aliphatic rings. The highest BCUT2D eigenvalue weighted by Gasteiger charge is 2.78. The van der Waals surface area contributed by atoms with Crippen LogP contribution in [0.25, 0.3) is 0 Å². The topological polar surface area (TPSA) is 70.9 Å². The zero-order valence-corrected chi connectivity index (χ0v) is 16.6. The summed E-state index contributed by atoms with van der Waals surface area (Å²) in [5.74, 6) is -1.38. The van der Waals surface area contributed by atoms with Crippen LogP contribution in [0.4, 0.5) is 5.69 Å². The van der Waals surface area contributed by atoms with Crippen molar-refractivity contribution in [2.75, 3.05) is 18.4 Å². The second-order valence-corrected chi connectivity index (χ2v) is 8.90. The molecule has 6 heteroatoms. The highest BCUT2D eigenvalue weighted by molar-refractivity contribution is 6.14. The molecule has 3 fully saturated rings. The van der Waals surface area contributed by atoms with Crippen molar-refractivity contribution in [3.05, 3.63) is 65.7 Å². The van der Waals surface area contributed by atoms with Crippen molar-refractivity contribution in [1.29, 1.82) is 0 Å². The first-order chi connectivity index (χ1) is 14.6. The third-order valence-corrected chi connectivity index (χ3v) is 7.68. The predicted octanol–water partition coefficient (Wildman–Crippen LogP) is 0.739. The lowest BCUT2D eigenvalue weighted by Crippen LogP contribution is -3.19. The number of nitrogens with zero attached hydrogens (tertiary/aromatic N) is 1. The number of para-hydroxylation sites is 1. The SMILES string of the molecule is O=C1[C@H]2[C@@H](C(=O)N1CCc1ccccc1)[C@]1(C(=O)Nc3ccccc31)[NH+]1CCC[C@@H]21. The molecule has 1 unspecified atom stereocenters. The van der Waals surface area contributed by atoms with E-state index in [1.54, 1.807) is 0 Å². The standard InChI is InChI=1S/C24H23N3O3/c28-21-19-18-11-6-13-27(18)24(16-9-4-5-10-17(16)25-23(24)30)20(19)22(29)26(21)14-12-15-7-2-1-3-8-15/h1-5,7-10,18-20H,6,11-14H2,(H,25,30)/p+1/t18-,19+,20-,24+/m0/s1. The number of hydrogen-bond donors (Lipinski definition) is 2. The number of fused-ring (bicyclic) bond motifs is 7. The van der Waals surface area contributed by atoms with Gasteiger partial charge in [0.1, 0.15) is 17.9 Å². The molecular formula is C24H24N3O3+. The van der Waals surface area contributed by atoms with Gasteiger partial charge in [0, 0.05) is 24.9 Å². The number of imide groups is 1. The van der Waals surface area contributed by atoms with E-state index < -0.39 is 17.4 Å². The summed E-state index contributed by atoms with van der Waals surface area (Å²) in [5.41, 5.74) is 1.79. The maximum atomic E-state index is 13.7. The summed E-state index contributed by atoms with van der Waals surface area (Å²) >= 11 is 0. The van der Waals surface area contributed by atoms with E-state index in [-0.39, 0.29) is 23.8 Å². The molecule has 30 heavy (non-hydrogen) atoms. The number of benzene rings is 2. The molecule has 0 radical (unpaired) electrons. The Kier molecular flexibility index (Phi) is 3.72. The molecule has 0 aliphatic carbocycles. The van der Waals surface area contributed by atoms with Crippen molar-refractivity contribution in [2.45, 2.75) is 30.8 Å².